The van der Waals surface area contributed by atoms with Gasteiger partial charge in [-0.2, -0.15) is 0 Å². The molecule has 31 heavy (non-hydrogen) atoms. The van der Waals surface area contributed by atoms with Crippen molar-refractivity contribution in [2.24, 2.45) is 0 Å². The highest BCUT2D eigenvalue weighted by molar-refractivity contribution is 5.97. The van der Waals surface area contributed by atoms with Gasteiger partial charge < -0.3 is 18.9 Å². The maximum Gasteiger partial charge on any atom is 0.257 e. The highest BCUT2D eigenvalue weighted by atomic mass is 16.5. The van der Waals surface area contributed by atoms with Gasteiger partial charge in [0.25, 0.3) is 5.91 Å². The lowest BCUT2D eigenvalue weighted by atomic mass is 10.1. The smallest absolute Gasteiger partial charge is 0.257 e. The van der Waals surface area contributed by atoms with E-state index in [1.54, 1.807) is 32.4 Å². The molecule has 2 aromatic carbocycles. The monoisotopic (exact) mass is 420 g/mol. The van der Waals surface area contributed by atoms with E-state index < -0.39 is 0 Å². The zero-order valence-electron chi connectivity index (χ0n) is 18.7. The number of unbranched alkanes of at least 4 members (excludes halogenated alkanes) is 2. The average Bonchev–Trinajstić information content (AvgIpc) is 3.24. The van der Waals surface area contributed by atoms with Crippen LogP contribution in [0.2, 0.25) is 0 Å². The molecule has 0 aliphatic rings. The molecule has 0 spiro atoms. The Hall–Kier alpha value is -3.21. The lowest BCUT2D eigenvalue weighted by Crippen LogP contribution is -2.32. The minimum absolute atomic E-state index is 0.0249. The average molecular weight is 421 g/mol. The van der Waals surface area contributed by atoms with Crippen LogP contribution in [0.4, 0.5) is 0 Å². The number of benzene rings is 2. The summed E-state index contributed by atoms with van der Waals surface area (Å²) in [6.45, 7) is 4.21. The van der Waals surface area contributed by atoms with Crippen molar-refractivity contribution in [3.8, 4) is 11.5 Å². The number of carbonyl (C=O) groups excluding carboxylic acids is 1. The van der Waals surface area contributed by atoms with Gasteiger partial charge in [-0.3, -0.25) is 4.79 Å². The number of nitrogens with zero attached hydrogens (tertiary/aromatic N) is 2. The van der Waals surface area contributed by atoms with E-state index in [-0.39, 0.29) is 5.91 Å². The van der Waals surface area contributed by atoms with Crippen molar-refractivity contribution in [1.82, 2.24) is 9.47 Å². The summed E-state index contributed by atoms with van der Waals surface area (Å²) in [5, 5.41) is 0. The molecule has 0 saturated heterocycles. The summed E-state index contributed by atoms with van der Waals surface area (Å²) in [6.07, 6.45) is 5.25. The second kappa shape index (κ2) is 11.3. The normalized spacial score (nSPS) is 10.7. The van der Waals surface area contributed by atoms with Crippen LogP contribution >= 0.6 is 0 Å². The molecule has 0 saturated carbocycles. The van der Waals surface area contributed by atoms with Gasteiger partial charge in [0.15, 0.2) is 0 Å². The maximum atomic E-state index is 13.5. The Morgan fingerprint density at radius 3 is 2.48 bits per heavy atom. The molecule has 5 heteroatoms. The molecule has 0 N–H and O–H groups in total. The predicted molar refractivity (Wildman–Crippen MR) is 124 cm³/mol. The molecule has 0 atom stereocenters. The summed E-state index contributed by atoms with van der Waals surface area (Å²) < 4.78 is 13.0. The Balaban J connectivity index is 1.83. The molecule has 1 aromatic heterocycles. The van der Waals surface area contributed by atoms with E-state index >= 15 is 0 Å². The van der Waals surface area contributed by atoms with Crippen molar-refractivity contribution in [3.63, 3.8) is 0 Å². The molecule has 0 radical (unpaired) electrons. The summed E-state index contributed by atoms with van der Waals surface area (Å²) in [7, 11) is 3.19. The number of aromatic nitrogens is 1. The van der Waals surface area contributed by atoms with Gasteiger partial charge in [-0.25, -0.2) is 0 Å². The molecule has 3 aromatic rings. The van der Waals surface area contributed by atoms with Crippen molar-refractivity contribution in [2.45, 2.75) is 39.3 Å². The second-order valence-electron chi connectivity index (χ2n) is 7.61. The van der Waals surface area contributed by atoms with Crippen molar-refractivity contribution >= 4 is 5.91 Å². The molecule has 0 aliphatic carbocycles. The molecular weight excluding hydrogens is 388 g/mol. The zero-order valence-corrected chi connectivity index (χ0v) is 18.7. The first-order valence-electron chi connectivity index (χ1n) is 10.9. The minimum atomic E-state index is -0.0249. The van der Waals surface area contributed by atoms with Crippen LogP contribution in [0.3, 0.4) is 0 Å². The van der Waals surface area contributed by atoms with Crippen LogP contribution in [0.1, 0.15) is 47.8 Å². The van der Waals surface area contributed by atoms with Crippen molar-refractivity contribution in [2.75, 3.05) is 20.8 Å². The first kappa shape index (κ1) is 22.5. The fraction of sp³-hybridized carbons (Fsp3) is 0.346. The van der Waals surface area contributed by atoms with Gasteiger partial charge in [0.05, 0.1) is 26.3 Å². The molecule has 0 unspecified atom stereocenters. The van der Waals surface area contributed by atoms with Crippen molar-refractivity contribution in [1.29, 1.82) is 0 Å². The van der Waals surface area contributed by atoms with Gasteiger partial charge >= 0.3 is 0 Å². The molecule has 0 fully saturated rings. The van der Waals surface area contributed by atoms with E-state index in [1.807, 2.05) is 17.0 Å². The number of carbonyl (C=O) groups is 1. The first-order valence-corrected chi connectivity index (χ1v) is 10.9. The van der Waals surface area contributed by atoms with E-state index in [4.69, 9.17) is 9.47 Å². The lowest BCUT2D eigenvalue weighted by Gasteiger charge is -2.25. The third-order valence-electron chi connectivity index (χ3n) is 5.43. The van der Waals surface area contributed by atoms with Crippen LogP contribution in [0.15, 0.2) is 66.9 Å². The van der Waals surface area contributed by atoms with Crippen molar-refractivity contribution < 1.29 is 14.3 Å². The van der Waals surface area contributed by atoms with E-state index in [1.165, 1.54) is 5.56 Å². The van der Waals surface area contributed by atoms with Gasteiger partial charge in [-0.05, 0) is 36.2 Å². The molecule has 0 bridgehead atoms. The Bertz CT molecular complexity index is 966. The second-order valence-corrected chi connectivity index (χ2v) is 7.61. The number of hydrogen-bond acceptors (Lipinski definition) is 3. The fourth-order valence-electron chi connectivity index (χ4n) is 3.67. The van der Waals surface area contributed by atoms with E-state index in [2.05, 4.69) is 48.0 Å². The summed E-state index contributed by atoms with van der Waals surface area (Å²) in [5.41, 5.74) is 2.91. The SMILES string of the molecule is CCCCCN(Cc1cccn1Cc1ccccc1)C(=O)c1ccc(OC)cc1OC. The maximum absolute atomic E-state index is 13.5. The predicted octanol–water partition coefficient (Wildman–Crippen LogP) is 5.39. The molecule has 164 valence electrons. The van der Waals surface area contributed by atoms with Gasteiger partial charge in [0, 0.05) is 31.0 Å². The topological polar surface area (TPSA) is 43.7 Å². The van der Waals surface area contributed by atoms with Gasteiger partial charge in [0.2, 0.25) is 0 Å². The molecule has 0 aliphatic heterocycles. The molecule has 1 amide bonds. The standard InChI is InChI=1S/C26H32N2O3/c1-4-5-9-16-28(26(29)24-15-14-23(30-2)18-25(24)31-3)20-22-13-10-17-27(22)19-21-11-7-6-8-12-21/h6-8,10-15,17-18H,4-5,9,16,19-20H2,1-3H3. The summed E-state index contributed by atoms with van der Waals surface area (Å²) in [5.74, 6) is 1.18. The van der Waals surface area contributed by atoms with Gasteiger partial charge in [0.1, 0.15) is 11.5 Å². The van der Waals surface area contributed by atoms with Crippen LogP contribution in [-0.4, -0.2) is 36.1 Å². The van der Waals surface area contributed by atoms with Gasteiger partial charge in [-0.1, -0.05) is 50.1 Å². The molecule has 3 rings (SSSR count). The van der Waals surface area contributed by atoms with Crippen LogP contribution in [-0.2, 0) is 13.1 Å². The van der Waals surface area contributed by atoms with Crippen LogP contribution in [0, 0.1) is 0 Å². The highest BCUT2D eigenvalue weighted by Crippen LogP contribution is 2.26. The number of methoxy groups -OCH3 is 2. The van der Waals surface area contributed by atoms with Crippen LogP contribution in [0.25, 0.3) is 0 Å². The summed E-state index contributed by atoms with van der Waals surface area (Å²) in [6, 6.07) is 19.9. The first-order chi connectivity index (χ1) is 15.2. The third-order valence-corrected chi connectivity index (χ3v) is 5.43. The minimum Gasteiger partial charge on any atom is -0.497 e. The van der Waals surface area contributed by atoms with E-state index in [0.29, 0.717) is 30.2 Å². The lowest BCUT2D eigenvalue weighted by molar-refractivity contribution is 0.0733. The Morgan fingerprint density at radius 2 is 1.77 bits per heavy atom. The summed E-state index contributed by atoms with van der Waals surface area (Å²) >= 11 is 0. The number of rotatable bonds is 11. The van der Waals surface area contributed by atoms with Gasteiger partial charge in [-0.15, -0.1) is 0 Å². The highest BCUT2D eigenvalue weighted by Gasteiger charge is 2.21. The quantitative estimate of drug-likeness (QED) is 0.391. The number of ether oxygens (including phenoxy) is 2. The Labute approximate surface area is 185 Å². The van der Waals surface area contributed by atoms with Crippen molar-refractivity contribution in [3.05, 3.63) is 83.7 Å². The largest absolute Gasteiger partial charge is 0.497 e. The molecular formula is C26H32N2O3. The summed E-state index contributed by atoms with van der Waals surface area (Å²) in [4.78, 5) is 15.4. The van der Waals surface area contributed by atoms with Crippen LogP contribution in [0.5, 0.6) is 11.5 Å². The Morgan fingerprint density at radius 1 is 0.968 bits per heavy atom. The van der Waals surface area contributed by atoms with E-state index in [0.717, 1.165) is 31.5 Å². The zero-order chi connectivity index (χ0) is 22.1. The molecule has 1 heterocycles. The fourth-order valence-corrected chi connectivity index (χ4v) is 3.67. The third kappa shape index (κ3) is 5.91. The Kier molecular flexibility index (Phi) is 8.16. The van der Waals surface area contributed by atoms with E-state index in [9.17, 15) is 4.79 Å². The molecule has 5 nitrogen and oxygen atoms in total. The number of amides is 1. The van der Waals surface area contributed by atoms with Crippen LogP contribution < -0.4 is 9.47 Å². The number of hydrogen-bond donors (Lipinski definition) is 0.